The molecule has 0 aromatic heterocycles. The fourth-order valence-corrected chi connectivity index (χ4v) is 4.32. The molecule has 1 saturated heterocycles. The van der Waals surface area contributed by atoms with Gasteiger partial charge in [-0.2, -0.15) is 0 Å². The van der Waals surface area contributed by atoms with E-state index in [0.29, 0.717) is 5.41 Å². The normalized spacial score (nSPS) is 37.3. The minimum Gasteiger partial charge on any atom is -1.00 e. The van der Waals surface area contributed by atoms with E-state index >= 15 is 0 Å². The molecule has 1 saturated carbocycles. The molecule has 2 aliphatic rings. The molecule has 1 unspecified atom stereocenters. The van der Waals surface area contributed by atoms with Crippen molar-refractivity contribution in [3.63, 3.8) is 0 Å². The zero-order chi connectivity index (χ0) is 7.57. The van der Waals surface area contributed by atoms with E-state index in [-0.39, 0.29) is 26.7 Å². The van der Waals surface area contributed by atoms with Crippen molar-refractivity contribution < 1.29 is 17.0 Å². The van der Waals surface area contributed by atoms with Crippen molar-refractivity contribution >= 4 is 9.68 Å². The van der Waals surface area contributed by atoms with Gasteiger partial charge in [0.2, 0.25) is 0 Å². The van der Waals surface area contributed by atoms with Crippen molar-refractivity contribution in [3.8, 4) is 0 Å². The Morgan fingerprint density at radius 3 is 2.75 bits per heavy atom. The molecule has 1 aliphatic heterocycles. The molecule has 2 rings (SSSR count). The van der Waals surface area contributed by atoms with Crippen molar-refractivity contribution in [1.82, 2.24) is 4.98 Å². The number of nitrogens with one attached hydrogen (secondary N) is 1. The van der Waals surface area contributed by atoms with Crippen LogP contribution in [-0.4, -0.2) is 16.2 Å². The molecule has 0 aromatic carbocycles. The summed E-state index contributed by atoms with van der Waals surface area (Å²) in [4.78, 5) is 3.65. The van der Waals surface area contributed by atoms with E-state index < -0.39 is 0 Å². The first-order valence-electron chi connectivity index (χ1n) is 4.96. The number of rotatable bonds is 0. The molecule has 2 fully saturated rings. The van der Waals surface area contributed by atoms with Crippen molar-refractivity contribution in [2.24, 2.45) is 5.41 Å². The minimum atomic E-state index is 0. The predicted molar refractivity (Wildman–Crippen MR) is 51.2 cm³/mol. The third kappa shape index (κ3) is 2.27. The molecule has 1 atom stereocenters. The van der Waals surface area contributed by atoms with Gasteiger partial charge in [-0.15, -0.1) is 0 Å². The zero-order valence-electron chi connectivity index (χ0n) is 7.61. The van der Waals surface area contributed by atoms with Crippen LogP contribution >= 0.6 is 0 Å². The Morgan fingerprint density at radius 1 is 1.25 bits per heavy atom. The Kier molecular flexibility index (Phi) is 4.13. The van der Waals surface area contributed by atoms with Crippen LogP contribution in [-0.2, 0) is 0 Å². The van der Waals surface area contributed by atoms with E-state index in [1.807, 2.05) is 0 Å². The molecule has 1 N–H and O–H groups in total. The molecule has 1 heterocycles. The third-order valence-electron chi connectivity index (χ3n) is 3.21. The lowest BCUT2D eigenvalue weighted by atomic mass is 9.72. The summed E-state index contributed by atoms with van der Waals surface area (Å²) >= 11 is 0. The zero-order valence-corrected chi connectivity index (χ0v) is 10.6. The van der Waals surface area contributed by atoms with Gasteiger partial charge in [0.1, 0.15) is 5.41 Å². The molecular formula is C9H18BrNSi. The maximum absolute atomic E-state index is 3.65. The summed E-state index contributed by atoms with van der Waals surface area (Å²) < 4.78 is 0. The fraction of sp³-hybridized carbons (Fsp3) is 0.889. The number of halogens is 1. The molecule has 0 amide bonds. The van der Waals surface area contributed by atoms with Gasteiger partial charge < -0.3 is 22.0 Å². The van der Waals surface area contributed by atoms with Crippen molar-refractivity contribution in [3.05, 3.63) is 6.42 Å². The number of hydrogen-bond donors (Lipinski definition) is 1. The summed E-state index contributed by atoms with van der Waals surface area (Å²) in [5.41, 5.74) is 0.656. The quantitative estimate of drug-likeness (QED) is 0.396. The molecule has 0 radical (unpaired) electrons. The van der Waals surface area contributed by atoms with Gasteiger partial charge in [0, 0.05) is 6.54 Å². The Hall–Kier alpha value is 0.527. The first-order valence-corrected chi connectivity index (χ1v) is 6.67. The van der Waals surface area contributed by atoms with Gasteiger partial charge in [-0.1, -0.05) is 0 Å². The highest BCUT2D eigenvalue weighted by Crippen LogP contribution is 2.40. The van der Waals surface area contributed by atoms with E-state index in [2.05, 4.69) is 11.4 Å². The molecular weight excluding hydrogens is 230 g/mol. The second-order valence-corrected chi connectivity index (χ2v) is 5.80. The van der Waals surface area contributed by atoms with Crippen LogP contribution in [0.2, 0.25) is 6.04 Å². The smallest absolute Gasteiger partial charge is 0.119 e. The van der Waals surface area contributed by atoms with Gasteiger partial charge in [-0.05, 0) is 31.7 Å². The maximum Gasteiger partial charge on any atom is 0.119 e. The molecule has 70 valence electrons. The second kappa shape index (κ2) is 4.68. The summed E-state index contributed by atoms with van der Waals surface area (Å²) in [6.45, 7) is 1.32. The molecule has 1 nitrogen and oxygen atoms in total. The van der Waals surface area contributed by atoms with E-state index in [1.54, 1.807) is 0 Å². The van der Waals surface area contributed by atoms with E-state index in [4.69, 9.17) is 0 Å². The van der Waals surface area contributed by atoms with Gasteiger partial charge in [0.15, 0.2) is 0 Å². The molecule has 0 bridgehead atoms. The molecule has 3 heteroatoms. The van der Waals surface area contributed by atoms with Crippen LogP contribution in [0.15, 0.2) is 0 Å². The van der Waals surface area contributed by atoms with Crippen LogP contribution < -0.4 is 22.0 Å². The Labute approximate surface area is 88.4 Å². The van der Waals surface area contributed by atoms with Crippen LogP contribution in [0.5, 0.6) is 0 Å². The van der Waals surface area contributed by atoms with Crippen molar-refractivity contribution in [2.45, 2.75) is 38.1 Å². The van der Waals surface area contributed by atoms with Crippen molar-refractivity contribution in [1.29, 1.82) is 0 Å². The highest BCUT2D eigenvalue weighted by atomic mass is 79.9. The topological polar surface area (TPSA) is 12.0 Å². The van der Waals surface area contributed by atoms with Gasteiger partial charge in [0.05, 0.1) is 22.5 Å². The first kappa shape index (κ1) is 10.6. The molecule has 1 aliphatic carbocycles. The van der Waals surface area contributed by atoms with Gasteiger partial charge in [-0.3, -0.25) is 0 Å². The van der Waals surface area contributed by atoms with Gasteiger partial charge in [0.25, 0.3) is 0 Å². The highest BCUT2D eigenvalue weighted by molar-refractivity contribution is 6.32. The standard InChI is InChI=1S/C9H18NSi.BrH/c1-2-4-9(5-3-1)6-7-11-10-8-9;/h4,10H,1-3,5-8,11H2;1H/q+1;/p-1. The highest BCUT2D eigenvalue weighted by Gasteiger charge is 2.40. The first-order chi connectivity index (χ1) is 5.41. The Morgan fingerprint density at radius 2 is 2.17 bits per heavy atom. The van der Waals surface area contributed by atoms with E-state index in [9.17, 15) is 0 Å². The van der Waals surface area contributed by atoms with Crippen LogP contribution in [0.1, 0.15) is 32.1 Å². The van der Waals surface area contributed by atoms with E-state index in [0.717, 1.165) is 0 Å². The van der Waals surface area contributed by atoms with Gasteiger partial charge >= 0.3 is 0 Å². The summed E-state index contributed by atoms with van der Waals surface area (Å²) in [6.07, 6.45) is 9.87. The predicted octanol–water partition coefficient (Wildman–Crippen LogP) is -1.75. The number of hydrogen-bond acceptors (Lipinski definition) is 1. The summed E-state index contributed by atoms with van der Waals surface area (Å²) in [7, 11) is 0.167. The average Bonchev–Trinajstić information content (AvgIpc) is 2.07. The lowest BCUT2D eigenvalue weighted by Gasteiger charge is -2.33. The SMILES string of the molecule is [Br-].[CH+]1CCCCC12CC[SiH2]NC2. The Balaban J connectivity index is 0.000000720. The maximum atomic E-state index is 3.65. The monoisotopic (exact) mass is 247 g/mol. The summed E-state index contributed by atoms with van der Waals surface area (Å²) in [5.74, 6) is 0. The lowest BCUT2D eigenvalue weighted by Crippen LogP contribution is -3.00. The van der Waals surface area contributed by atoms with Crippen LogP contribution in [0.4, 0.5) is 0 Å². The Bertz CT molecular complexity index is 109. The van der Waals surface area contributed by atoms with E-state index in [1.165, 1.54) is 44.7 Å². The largest absolute Gasteiger partial charge is 1.00 e. The average molecular weight is 248 g/mol. The van der Waals surface area contributed by atoms with Crippen LogP contribution in [0.25, 0.3) is 0 Å². The molecule has 12 heavy (non-hydrogen) atoms. The van der Waals surface area contributed by atoms with Crippen molar-refractivity contribution in [2.75, 3.05) is 6.54 Å². The fourth-order valence-electron chi connectivity index (χ4n) is 2.51. The lowest BCUT2D eigenvalue weighted by molar-refractivity contribution is -0.00000240. The van der Waals surface area contributed by atoms with Gasteiger partial charge in [-0.25, -0.2) is 0 Å². The molecule has 0 aromatic rings. The molecule has 1 spiro atoms. The van der Waals surface area contributed by atoms with Crippen LogP contribution in [0.3, 0.4) is 0 Å². The summed E-state index contributed by atoms with van der Waals surface area (Å²) in [6, 6.07) is 1.52. The third-order valence-corrected chi connectivity index (χ3v) is 4.52. The minimum absolute atomic E-state index is 0. The second-order valence-electron chi connectivity index (χ2n) is 4.09. The van der Waals surface area contributed by atoms with Crippen LogP contribution in [0, 0.1) is 11.8 Å². The summed E-state index contributed by atoms with van der Waals surface area (Å²) in [5, 5.41) is 0.